The highest BCUT2D eigenvalue weighted by Gasteiger charge is 2.41. The molecule has 122 valence electrons. The monoisotopic (exact) mass is 316 g/mol. The van der Waals surface area contributed by atoms with Crippen LogP contribution in [0.5, 0.6) is 5.75 Å². The summed E-state index contributed by atoms with van der Waals surface area (Å²) in [6.07, 6.45) is 2.19. The van der Waals surface area contributed by atoms with Gasteiger partial charge in [-0.1, -0.05) is 0 Å². The molecule has 0 radical (unpaired) electrons. The zero-order chi connectivity index (χ0) is 16.4. The number of rotatable bonds is 6. The molecule has 1 heterocycles. The van der Waals surface area contributed by atoms with Crippen molar-refractivity contribution in [2.24, 2.45) is 11.7 Å². The van der Waals surface area contributed by atoms with Crippen LogP contribution in [-0.2, 0) is 4.79 Å². The summed E-state index contributed by atoms with van der Waals surface area (Å²) in [6, 6.07) is 8.16. The van der Waals surface area contributed by atoms with Crippen LogP contribution in [0.2, 0.25) is 0 Å². The molecule has 1 fully saturated rings. The normalized spacial score (nSPS) is 16.8. The maximum Gasteiger partial charge on any atom is 0.336 e. The molecule has 6 heteroatoms. The lowest BCUT2D eigenvalue weighted by atomic mass is 9.96. The van der Waals surface area contributed by atoms with Crippen LogP contribution in [-0.4, -0.2) is 24.6 Å². The Morgan fingerprint density at radius 1 is 1.39 bits per heavy atom. The summed E-state index contributed by atoms with van der Waals surface area (Å²) in [4.78, 5) is 23.3. The minimum Gasteiger partial charge on any atom is -0.484 e. The molecule has 1 unspecified atom stereocenters. The lowest BCUT2D eigenvalue weighted by Gasteiger charge is -2.29. The fourth-order valence-electron chi connectivity index (χ4n) is 2.67. The highest BCUT2D eigenvalue weighted by Crippen LogP contribution is 2.38. The molecule has 3 N–H and O–H groups in total. The molecule has 1 saturated carbocycles. The molecule has 1 atom stereocenters. The average molecular weight is 316 g/mol. The molecule has 2 aromatic rings. The summed E-state index contributed by atoms with van der Waals surface area (Å²) in [5, 5.41) is 3.76. The van der Waals surface area contributed by atoms with Gasteiger partial charge in [0.1, 0.15) is 11.3 Å². The van der Waals surface area contributed by atoms with E-state index >= 15 is 0 Å². The molecule has 23 heavy (non-hydrogen) atoms. The molecule has 1 aromatic heterocycles. The molecule has 0 saturated heterocycles. The Kier molecular flexibility index (Phi) is 4.09. The Balaban J connectivity index is 1.63. The van der Waals surface area contributed by atoms with Crippen molar-refractivity contribution < 1.29 is 13.9 Å². The molecule has 1 aliphatic carbocycles. The van der Waals surface area contributed by atoms with Crippen molar-refractivity contribution in [1.82, 2.24) is 5.32 Å². The largest absolute Gasteiger partial charge is 0.484 e. The van der Waals surface area contributed by atoms with Crippen LogP contribution in [0.25, 0.3) is 11.0 Å². The van der Waals surface area contributed by atoms with E-state index in [0.29, 0.717) is 23.8 Å². The van der Waals surface area contributed by atoms with Gasteiger partial charge in [-0.15, -0.1) is 0 Å². The zero-order valence-corrected chi connectivity index (χ0v) is 13.0. The number of hydrogen-bond donors (Lipinski definition) is 2. The van der Waals surface area contributed by atoms with Gasteiger partial charge >= 0.3 is 5.63 Å². The van der Waals surface area contributed by atoms with Gasteiger partial charge in [0.2, 0.25) is 0 Å². The second-order valence-corrected chi connectivity index (χ2v) is 6.19. The summed E-state index contributed by atoms with van der Waals surface area (Å²) in [5.41, 5.74) is 5.43. The summed E-state index contributed by atoms with van der Waals surface area (Å²) < 4.78 is 10.6. The Hall–Kier alpha value is -2.34. The third-order valence-electron chi connectivity index (χ3n) is 4.29. The predicted molar refractivity (Wildman–Crippen MR) is 86.3 cm³/mol. The van der Waals surface area contributed by atoms with Crippen molar-refractivity contribution in [1.29, 1.82) is 0 Å². The lowest BCUT2D eigenvalue weighted by Crippen LogP contribution is -2.54. The molecule has 0 spiro atoms. The predicted octanol–water partition coefficient (Wildman–Crippen LogP) is 1.42. The van der Waals surface area contributed by atoms with Gasteiger partial charge in [-0.25, -0.2) is 4.79 Å². The maximum atomic E-state index is 12.1. The SMILES string of the molecule is CC(CN)(NC(=O)COc1ccc2ccc(=O)oc2c1)C1CC1. The molecule has 1 aliphatic rings. The number of fused-ring (bicyclic) bond motifs is 1. The van der Waals surface area contributed by atoms with Gasteiger partial charge in [-0.2, -0.15) is 0 Å². The molecule has 1 aromatic carbocycles. The highest BCUT2D eigenvalue weighted by molar-refractivity contribution is 5.80. The number of hydrogen-bond acceptors (Lipinski definition) is 5. The van der Waals surface area contributed by atoms with E-state index < -0.39 is 5.63 Å². The molecule has 0 aliphatic heterocycles. The van der Waals surface area contributed by atoms with Gasteiger partial charge in [0.15, 0.2) is 6.61 Å². The highest BCUT2D eigenvalue weighted by atomic mass is 16.5. The topological polar surface area (TPSA) is 94.6 Å². The van der Waals surface area contributed by atoms with Crippen molar-refractivity contribution in [2.45, 2.75) is 25.3 Å². The van der Waals surface area contributed by atoms with E-state index in [4.69, 9.17) is 14.9 Å². The number of benzene rings is 1. The van der Waals surface area contributed by atoms with Crippen molar-refractivity contribution in [3.63, 3.8) is 0 Å². The van der Waals surface area contributed by atoms with Crippen LogP contribution in [0.1, 0.15) is 19.8 Å². The summed E-state index contributed by atoms with van der Waals surface area (Å²) in [7, 11) is 0. The van der Waals surface area contributed by atoms with E-state index in [1.165, 1.54) is 6.07 Å². The lowest BCUT2D eigenvalue weighted by molar-refractivity contribution is -0.125. The Bertz CT molecular complexity index is 782. The zero-order valence-electron chi connectivity index (χ0n) is 13.0. The molecular weight excluding hydrogens is 296 g/mol. The minimum atomic E-state index is -0.421. The molecule has 1 amide bonds. The fraction of sp³-hybridized carbons (Fsp3) is 0.412. The Morgan fingerprint density at radius 2 is 2.13 bits per heavy atom. The van der Waals surface area contributed by atoms with E-state index in [9.17, 15) is 9.59 Å². The van der Waals surface area contributed by atoms with E-state index in [1.54, 1.807) is 24.3 Å². The minimum absolute atomic E-state index is 0.106. The van der Waals surface area contributed by atoms with Crippen molar-refractivity contribution in [3.05, 3.63) is 40.8 Å². The molecular formula is C17H20N2O4. The first kappa shape index (κ1) is 15.6. The van der Waals surface area contributed by atoms with Crippen molar-refractivity contribution in [2.75, 3.05) is 13.2 Å². The molecule has 0 bridgehead atoms. The number of carbonyl (C=O) groups is 1. The second-order valence-electron chi connectivity index (χ2n) is 6.19. The van der Waals surface area contributed by atoms with E-state index in [2.05, 4.69) is 5.32 Å². The van der Waals surface area contributed by atoms with Crippen molar-refractivity contribution in [3.8, 4) is 5.75 Å². The van der Waals surface area contributed by atoms with Gasteiger partial charge in [0, 0.05) is 24.1 Å². The van der Waals surface area contributed by atoms with Crippen LogP contribution >= 0.6 is 0 Å². The van der Waals surface area contributed by atoms with Crippen molar-refractivity contribution >= 4 is 16.9 Å². The van der Waals surface area contributed by atoms with E-state index in [0.717, 1.165) is 18.2 Å². The second kappa shape index (κ2) is 6.04. The first-order valence-electron chi connectivity index (χ1n) is 7.68. The number of amides is 1. The standard InChI is InChI=1S/C17H20N2O4/c1-17(10-18,12-4-5-12)19-15(20)9-22-13-6-2-11-3-7-16(21)23-14(11)8-13/h2-3,6-8,12H,4-5,9-10,18H2,1H3,(H,19,20). The maximum absolute atomic E-state index is 12.1. The number of nitrogens with two attached hydrogens (primary N) is 1. The summed E-state index contributed by atoms with van der Waals surface area (Å²) in [6.45, 7) is 2.27. The van der Waals surface area contributed by atoms with Crippen LogP contribution in [0.3, 0.4) is 0 Å². The van der Waals surface area contributed by atoms with E-state index in [1.807, 2.05) is 6.92 Å². The summed E-state index contributed by atoms with van der Waals surface area (Å²) >= 11 is 0. The Labute approximate surface area is 133 Å². The van der Waals surface area contributed by atoms with Gasteiger partial charge in [0.05, 0.1) is 5.54 Å². The third kappa shape index (κ3) is 3.53. The van der Waals surface area contributed by atoms with Gasteiger partial charge < -0.3 is 20.2 Å². The summed E-state index contributed by atoms with van der Waals surface area (Å²) in [5.74, 6) is 0.716. The Morgan fingerprint density at radius 3 is 2.83 bits per heavy atom. The molecule has 3 rings (SSSR count). The van der Waals surface area contributed by atoms with Crippen LogP contribution in [0.15, 0.2) is 39.5 Å². The molecule has 6 nitrogen and oxygen atoms in total. The number of ether oxygens (including phenoxy) is 1. The van der Waals surface area contributed by atoms with Gasteiger partial charge in [0.25, 0.3) is 5.91 Å². The third-order valence-corrected chi connectivity index (χ3v) is 4.29. The van der Waals surface area contributed by atoms with Gasteiger partial charge in [-0.05, 0) is 43.9 Å². The van der Waals surface area contributed by atoms with Gasteiger partial charge in [-0.3, -0.25) is 4.79 Å². The van der Waals surface area contributed by atoms with Crippen LogP contribution < -0.4 is 21.4 Å². The number of nitrogens with one attached hydrogen (secondary N) is 1. The first-order valence-corrected chi connectivity index (χ1v) is 7.68. The van der Waals surface area contributed by atoms with Crippen LogP contribution in [0, 0.1) is 5.92 Å². The fourth-order valence-corrected chi connectivity index (χ4v) is 2.67. The average Bonchev–Trinajstić information content (AvgIpc) is 3.37. The van der Waals surface area contributed by atoms with Crippen LogP contribution in [0.4, 0.5) is 0 Å². The number of carbonyl (C=O) groups excluding carboxylic acids is 1. The first-order chi connectivity index (χ1) is 11.0. The van der Waals surface area contributed by atoms with E-state index in [-0.39, 0.29) is 18.1 Å². The smallest absolute Gasteiger partial charge is 0.336 e. The quantitative estimate of drug-likeness (QED) is 0.786.